The van der Waals surface area contributed by atoms with Crippen LogP contribution in [0.3, 0.4) is 0 Å². The lowest BCUT2D eigenvalue weighted by Gasteiger charge is -2.38. The van der Waals surface area contributed by atoms with Crippen molar-refractivity contribution in [2.75, 3.05) is 0 Å². The van der Waals surface area contributed by atoms with Gasteiger partial charge in [-0.05, 0) is 66.2 Å². The first-order valence-electron chi connectivity index (χ1n) is 11.2. The number of hydrogen-bond donors (Lipinski definition) is 1. The van der Waals surface area contributed by atoms with E-state index >= 15 is 0 Å². The Balaban J connectivity index is 1.94. The van der Waals surface area contributed by atoms with Crippen LogP contribution < -0.4 is 0 Å². The Labute approximate surface area is 187 Å². The fraction of sp³-hybridized carbons (Fsp3) is 0.538. The molecule has 5 atom stereocenters. The normalized spacial score (nSPS) is 26.5. The molecule has 0 saturated heterocycles. The number of aliphatic hydroxyl groups excluding tert-OH is 1. The molecule has 1 heterocycles. The van der Waals surface area contributed by atoms with Crippen molar-refractivity contribution in [3.05, 3.63) is 60.0 Å². The van der Waals surface area contributed by atoms with E-state index < -0.39 is 8.32 Å². The molecule has 0 spiro atoms. The molecule has 1 aromatic carbocycles. The summed E-state index contributed by atoms with van der Waals surface area (Å²) < 4.78 is 8.22. The summed E-state index contributed by atoms with van der Waals surface area (Å²) in [4.78, 5) is 1.27. The van der Waals surface area contributed by atoms with Gasteiger partial charge in [-0.25, -0.2) is 0 Å². The Morgan fingerprint density at radius 1 is 1.30 bits per heavy atom. The van der Waals surface area contributed by atoms with Crippen LogP contribution in [-0.2, 0) is 4.43 Å². The van der Waals surface area contributed by atoms with E-state index in [-0.39, 0.29) is 23.2 Å². The zero-order valence-electron chi connectivity index (χ0n) is 19.4. The number of aliphatic hydroxyl groups is 1. The SMILES string of the molecule is C=CC[C@@H]1[C@@H](/C=C/[C@@H](O[Si](C)(C)C(C)(C)C)c2cc3ccccc3s2)[C@H](C)C[C@@H]1O. The molecule has 164 valence electrons. The summed E-state index contributed by atoms with van der Waals surface area (Å²) in [6.45, 7) is 17.7. The van der Waals surface area contributed by atoms with Crippen LogP contribution in [0.4, 0.5) is 0 Å². The third-order valence-corrected chi connectivity index (χ3v) is 12.8. The average Bonchev–Trinajstić information content (AvgIpc) is 3.19. The van der Waals surface area contributed by atoms with Crippen molar-refractivity contribution in [2.45, 2.75) is 70.9 Å². The number of fused-ring (bicyclic) bond motifs is 1. The summed E-state index contributed by atoms with van der Waals surface area (Å²) in [7, 11) is -1.95. The smallest absolute Gasteiger partial charge is 0.193 e. The largest absolute Gasteiger partial charge is 0.406 e. The van der Waals surface area contributed by atoms with Gasteiger partial charge in [0.05, 0.1) is 12.2 Å². The first-order chi connectivity index (χ1) is 14.0. The molecular weight excluding hydrogens is 404 g/mol. The van der Waals surface area contributed by atoms with Crippen LogP contribution in [0.5, 0.6) is 0 Å². The van der Waals surface area contributed by atoms with Gasteiger partial charge in [0.25, 0.3) is 0 Å². The summed E-state index contributed by atoms with van der Waals surface area (Å²) >= 11 is 1.83. The highest BCUT2D eigenvalue weighted by Gasteiger charge is 2.40. The van der Waals surface area contributed by atoms with Gasteiger partial charge in [-0.15, -0.1) is 17.9 Å². The summed E-state index contributed by atoms with van der Waals surface area (Å²) in [6.07, 6.45) is 8.00. The molecule has 0 aliphatic heterocycles. The Hall–Kier alpha value is -1.20. The lowest BCUT2D eigenvalue weighted by Crippen LogP contribution is -2.41. The average molecular weight is 443 g/mol. The van der Waals surface area contributed by atoms with Crippen LogP contribution in [-0.4, -0.2) is 19.5 Å². The summed E-state index contributed by atoms with van der Waals surface area (Å²) in [5.74, 6) is 1.08. The maximum absolute atomic E-state index is 10.5. The van der Waals surface area contributed by atoms with Gasteiger partial charge in [-0.2, -0.15) is 0 Å². The van der Waals surface area contributed by atoms with Crippen molar-refractivity contribution in [1.29, 1.82) is 0 Å². The molecule has 0 bridgehead atoms. The fourth-order valence-electron chi connectivity index (χ4n) is 4.29. The van der Waals surface area contributed by atoms with Gasteiger partial charge in [0.15, 0.2) is 8.32 Å². The number of rotatable bonds is 7. The van der Waals surface area contributed by atoms with Gasteiger partial charge in [0, 0.05) is 9.58 Å². The van der Waals surface area contributed by atoms with E-state index in [1.807, 2.05) is 17.4 Å². The van der Waals surface area contributed by atoms with Crippen molar-refractivity contribution >= 4 is 29.7 Å². The molecule has 4 heteroatoms. The van der Waals surface area contributed by atoms with Crippen LogP contribution in [0.25, 0.3) is 10.1 Å². The number of allylic oxidation sites excluding steroid dienone is 2. The highest BCUT2D eigenvalue weighted by molar-refractivity contribution is 7.19. The molecule has 0 amide bonds. The maximum atomic E-state index is 10.5. The molecule has 1 N–H and O–H groups in total. The molecule has 1 aliphatic carbocycles. The molecule has 3 rings (SSSR count). The minimum Gasteiger partial charge on any atom is -0.406 e. The van der Waals surface area contributed by atoms with Gasteiger partial charge in [-0.3, -0.25) is 0 Å². The number of benzene rings is 1. The molecular formula is C26H38O2SSi. The van der Waals surface area contributed by atoms with Gasteiger partial charge in [0.1, 0.15) is 0 Å². The van der Waals surface area contributed by atoms with Crippen molar-refractivity contribution < 1.29 is 9.53 Å². The predicted molar refractivity (Wildman–Crippen MR) is 134 cm³/mol. The molecule has 30 heavy (non-hydrogen) atoms. The highest BCUT2D eigenvalue weighted by Crippen LogP contribution is 2.44. The Morgan fingerprint density at radius 3 is 2.63 bits per heavy atom. The quantitative estimate of drug-likeness (QED) is 0.351. The molecule has 0 unspecified atom stereocenters. The summed E-state index contributed by atoms with van der Waals surface area (Å²) in [5.41, 5.74) is 0. The Kier molecular flexibility index (Phi) is 7.13. The van der Waals surface area contributed by atoms with Crippen molar-refractivity contribution in [3.63, 3.8) is 0 Å². The zero-order valence-corrected chi connectivity index (χ0v) is 21.2. The van der Waals surface area contributed by atoms with Gasteiger partial charge >= 0.3 is 0 Å². The minimum atomic E-state index is -1.95. The highest BCUT2D eigenvalue weighted by atomic mass is 32.1. The van der Waals surface area contributed by atoms with Gasteiger partial charge in [-0.1, -0.05) is 64.1 Å². The maximum Gasteiger partial charge on any atom is 0.193 e. The first-order valence-corrected chi connectivity index (χ1v) is 14.9. The number of hydrogen-bond acceptors (Lipinski definition) is 3. The Morgan fingerprint density at radius 2 is 2.00 bits per heavy atom. The predicted octanol–water partition coefficient (Wildman–Crippen LogP) is 7.73. The Bertz CT molecular complexity index is 859. The summed E-state index contributed by atoms with van der Waals surface area (Å²) in [5, 5.41) is 12.0. The lowest BCUT2D eigenvalue weighted by atomic mass is 9.87. The van der Waals surface area contributed by atoms with Crippen molar-refractivity contribution in [1.82, 2.24) is 0 Å². The van der Waals surface area contributed by atoms with E-state index in [1.165, 1.54) is 15.0 Å². The fourth-order valence-corrected chi connectivity index (χ4v) is 6.64. The third-order valence-electron chi connectivity index (χ3n) is 7.16. The minimum absolute atomic E-state index is 0.0439. The molecule has 1 aromatic heterocycles. The van der Waals surface area contributed by atoms with E-state index in [2.05, 4.69) is 89.9 Å². The molecule has 1 aliphatic rings. The van der Waals surface area contributed by atoms with E-state index in [9.17, 15) is 5.11 Å². The third kappa shape index (κ3) is 4.99. The van der Waals surface area contributed by atoms with Gasteiger partial charge < -0.3 is 9.53 Å². The van der Waals surface area contributed by atoms with E-state index in [4.69, 9.17) is 4.43 Å². The monoisotopic (exact) mass is 442 g/mol. The van der Waals surface area contributed by atoms with Crippen molar-refractivity contribution in [2.24, 2.45) is 17.8 Å². The molecule has 1 saturated carbocycles. The van der Waals surface area contributed by atoms with Crippen molar-refractivity contribution in [3.8, 4) is 0 Å². The van der Waals surface area contributed by atoms with E-state index in [1.54, 1.807) is 0 Å². The van der Waals surface area contributed by atoms with Crippen LogP contribution >= 0.6 is 11.3 Å². The van der Waals surface area contributed by atoms with Crippen LogP contribution in [0.2, 0.25) is 18.1 Å². The second-order valence-corrected chi connectivity index (χ2v) is 16.3. The van der Waals surface area contributed by atoms with Crippen LogP contribution in [0, 0.1) is 17.8 Å². The lowest BCUT2D eigenvalue weighted by molar-refractivity contribution is 0.125. The molecule has 0 radical (unpaired) electrons. The first kappa shape index (κ1) is 23.5. The second kappa shape index (κ2) is 9.11. The van der Waals surface area contributed by atoms with Crippen LogP contribution in [0.15, 0.2) is 55.1 Å². The zero-order chi connectivity index (χ0) is 22.1. The van der Waals surface area contributed by atoms with E-state index in [0.717, 1.165) is 12.8 Å². The standard InChI is InChI=1S/C26H38O2SSi/c1-8-11-21-20(18(2)16-22(21)27)14-15-23(28-30(6,7)26(3,4)5)25-17-19-12-9-10-13-24(19)29-25/h8-10,12-15,17-18,20-23,27H,1,11,16H2,2-7H3/b15-14+/t18-,20+,21-,22+,23-/m1/s1. The summed E-state index contributed by atoms with van der Waals surface area (Å²) in [6, 6.07) is 10.9. The van der Waals surface area contributed by atoms with Gasteiger partial charge in [0.2, 0.25) is 0 Å². The molecule has 2 nitrogen and oxygen atoms in total. The topological polar surface area (TPSA) is 29.5 Å². The molecule has 2 aromatic rings. The second-order valence-electron chi connectivity index (χ2n) is 10.4. The van der Waals surface area contributed by atoms with E-state index in [0.29, 0.717) is 11.8 Å². The molecule has 1 fully saturated rings. The van der Waals surface area contributed by atoms with Crippen LogP contribution in [0.1, 0.15) is 51.5 Å². The number of thiophene rings is 1.